The van der Waals surface area contributed by atoms with Gasteiger partial charge in [-0.25, -0.2) is 9.37 Å². The second kappa shape index (κ2) is 7.22. The minimum Gasteiger partial charge on any atom is -0.481 e. The Morgan fingerprint density at radius 2 is 1.96 bits per heavy atom. The number of rotatable bonds is 2. The predicted molar refractivity (Wildman–Crippen MR) is 86.7 cm³/mol. The van der Waals surface area contributed by atoms with Crippen molar-refractivity contribution < 1.29 is 24.2 Å². The van der Waals surface area contributed by atoms with Gasteiger partial charge >= 0.3 is 0 Å². The Bertz CT molecular complexity index is 754. The van der Waals surface area contributed by atoms with Crippen LogP contribution in [-0.4, -0.2) is 52.4 Å². The van der Waals surface area contributed by atoms with Crippen molar-refractivity contribution in [2.24, 2.45) is 5.73 Å². The molecule has 1 aliphatic rings. The maximum Gasteiger partial charge on any atom is 0.300 e. The number of β-amino-alcohol motifs (C(OH)–C–C–N with tert-alkyl or cyclic N) is 1. The van der Waals surface area contributed by atoms with E-state index in [1.165, 1.54) is 0 Å². The van der Waals surface area contributed by atoms with Crippen LogP contribution in [0.5, 0.6) is 0 Å². The van der Waals surface area contributed by atoms with Gasteiger partial charge in [-0.2, -0.15) is 0 Å². The molecule has 1 aromatic carbocycles. The molecule has 1 saturated heterocycles. The molecule has 1 fully saturated rings. The smallest absolute Gasteiger partial charge is 0.300 e. The van der Waals surface area contributed by atoms with Gasteiger partial charge in [0.2, 0.25) is 5.91 Å². The normalized spacial score (nSPS) is 19.7. The van der Waals surface area contributed by atoms with Crippen LogP contribution in [0.3, 0.4) is 0 Å². The van der Waals surface area contributed by atoms with E-state index in [2.05, 4.69) is 4.98 Å². The van der Waals surface area contributed by atoms with E-state index < -0.39 is 24.2 Å². The van der Waals surface area contributed by atoms with E-state index in [9.17, 15) is 14.3 Å². The number of pyridine rings is 1. The third-order valence-electron chi connectivity index (χ3n) is 3.51. The number of hydrogen-bond donors (Lipinski definition) is 3. The fourth-order valence-electron chi connectivity index (χ4n) is 2.46. The van der Waals surface area contributed by atoms with Gasteiger partial charge in [-0.3, -0.25) is 9.59 Å². The molecule has 128 valence electrons. The number of nitrogens with zero attached hydrogens (tertiary/aromatic N) is 2. The second-order valence-corrected chi connectivity index (χ2v) is 5.42. The zero-order valence-corrected chi connectivity index (χ0v) is 13.0. The molecule has 7 nitrogen and oxygen atoms in total. The van der Waals surface area contributed by atoms with Crippen LogP contribution in [0.4, 0.5) is 10.2 Å². The molecule has 1 aromatic heterocycles. The molecule has 0 unspecified atom stereocenters. The molecule has 0 radical (unpaired) electrons. The van der Waals surface area contributed by atoms with Crippen molar-refractivity contribution in [2.45, 2.75) is 19.2 Å². The number of carboxylic acids is 1. The molecule has 2 aromatic rings. The van der Waals surface area contributed by atoms with E-state index in [1.54, 1.807) is 35.2 Å². The molecule has 2 heterocycles. The first-order chi connectivity index (χ1) is 11.3. The Balaban J connectivity index is 0.000000471. The SMILES string of the molecule is CC(=O)O.NC(=O)c1cc(N2C[C@@H](O)[C@H](F)C2)nc2ccccc12. The maximum atomic E-state index is 13.4. The number of hydrogen-bond acceptors (Lipinski definition) is 5. The minimum atomic E-state index is -1.31. The highest BCUT2D eigenvalue weighted by Crippen LogP contribution is 2.26. The summed E-state index contributed by atoms with van der Waals surface area (Å²) in [6.07, 6.45) is -2.33. The summed E-state index contributed by atoms with van der Waals surface area (Å²) < 4.78 is 13.4. The number of alkyl halides is 1. The lowest BCUT2D eigenvalue weighted by atomic mass is 10.1. The van der Waals surface area contributed by atoms with Gasteiger partial charge in [0.15, 0.2) is 0 Å². The van der Waals surface area contributed by atoms with Gasteiger partial charge in [-0.1, -0.05) is 18.2 Å². The van der Waals surface area contributed by atoms with Gasteiger partial charge in [-0.05, 0) is 12.1 Å². The number of halogens is 1. The van der Waals surface area contributed by atoms with Crippen molar-refractivity contribution in [1.29, 1.82) is 0 Å². The third kappa shape index (κ3) is 3.96. The number of aliphatic hydroxyl groups excluding tert-OH is 1. The number of carboxylic acid groups (broad SMARTS) is 1. The Kier molecular flexibility index (Phi) is 5.30. The van der Waals surface area contributed by atoms with Crippen LogP contribution in [0, 0.1) is 0 Å². The zero-order chi connectivity index (χ0) is 17.9. The molecule has 0 aliphatic carbocycles. The summed E-state index contributed by atoms with van der Waals surface area (Å²) in [4.78, 5) is 26.6. The van der Waals surface area contributed by atoms with E-state index in [0.717, 1.165) is 6.92 Å². The summed E-state index contributed by atoms with van der Waals surface area (Å²) in [5.41, 5.74) is 6.36. The highest BCUT2D eigenvalue weighted by Gasteiger charge is 2.32. The van der Waals surface area contributed by atoms with E-state index in [1.807, 2.05) is 0 Å². The lowest BCUT2D eigenvalue weighted by Crippen LogP contribution is -2.23. The van der Waals surface area contributed by atoms with Gasteiger partial charge in [0.05, 0.1) is 17.6 Å². The number of carbonyl (C=O) groups excluding carboxylic acids is 1. The molecule has 0 bridgehead atoms. The molecular formula is C16H18FN3O4. The van der Waals surface area contributed by atoms with Crippen molar-refractivity contribution in [2.75, 3.05) is 18.0 Å². The lowest BCUT2D eigenvalue weighted by Gasteiger charge is -2.17. The lowest BCUT2D eigenvalue weighted by molar-refractivity contribution is -0.134. The molecule has 3 rings (SSSR count). The summed E-state index contributed by atoms with van der Waals surface area (Å²) in [7, 11) is 0. The predicted octanol–water partition coefficient (Wildman–Crippen LogP) is 0.944. The molecule has 2 atom stereocenters. The third-order valence-corrected chi connectivity index (χ3v) is 3.51. The maximum absolute atomic E-state index is 13.4. The minimum absolute atomic E-state index is 0.0602. The van der Waals surface area contributed by atoms with Crippen molar-refractivity contribution >= 4 is 28.6 Å². The summed E-state index contributed by atoms with van der Waals surface area (Å²) in [5.74, 6) is -0.932. The molecule has 1 aliphatic heterocycles. The number of nitrogens with two attached hydrogens (primary N) is 1. The summed E-state index contributed by atoms with van der Waals surface area (Å²) in [6, 6.07) is 8.69. The van der Waals surface area contributed by atoms with E-state index in [0.29, 0.717) is 22.3 Å². The van der Waals surface area contributed by atoms with E-state index in [4.69, 9.17) is 15.6 Å². The van der Waals surface area contributed by atoms with Crippen LogP contribution in [0.1, 0.15) is 17.3 Å². The fraction of sp³-hybridized carbons (Fsp3) is 0.312. The average Bonchev–Trinajstić information content (AvgIpc) is 2.85. The first kappa shape index (κ1) is 17.6. The van der Waals surface area contributed by atoms with Gasteiger partial charge < -0.3 is 20.8 Å². The number of benzene rings is 1. The van der Waals surface area contributed by atoms with Crippen molar-refractivity contribution in [3.8, 4) is 0 Å². The largest absolute Gasteiger partial charge is 0.481 e. The van der Waals surface area contributed by atoms with E-state index in [-0.39, 0.29) is 13.1 Å². The number of aliphatic carboxylic acids is 1. The van der Waals surface area contributed by atoms with Crippen molar-refractivity contribution in [3.05, 3.63) is 35.9 Å². The first-order valence-corrected chi connectivity index (χ1v) is 7.25. The number of amides is 1. The van der Waals surface area contributed by atoms with Gasteiger partial charge in [0.1, 0.15) is 18.1 Å². The van der Waals surface area contributed by atoms with Crippen LogP contribution in [0.15, 0.2) is 30.3 Å². The topological polar surface area (TPSA) is 117 Å². The number of fused-ring (bicyclic) bond motifs is 1. The summed E-state index contributed by atoms with van der Waals surface area (Å²) in [5, 5.41) is 17.6. The number of aromatic nitrogens is 1. The molecule has 24 heavy (non-hydrogen) atoms. The van der Waals surface area contributed by atoms with Gasteiger partial charge in [0.25, 0.3) is 5.97 Å². The molecule has 0 spiro atoms. The fourth-order valence-corrected chi connectivity index (χ4v) is 2.46. The second-order valence-electron chi connectivity index (χ2n) is 5.42. The Hall–Kier alpha value is -2.74. The molecular weight excluding hydrogens is 317 g/mol. The van der Waals surface area contributed by atoms with Gasteiger partial charge in [0, 0.05) is 18.9 Å². The summed E-state index contributed by atoms with van der Waals surface area (Å²) in [6.45, 7) is 1.30. The number of primary amides is 1. The van der Waals surface area contributed by atoms with Crippen molar-refractivity contribution in [1.82, 2.24) is 4.98 Å². The van der Waals surface area contributed by atoms with Crippen LogP contribution < -0.4 is 10.6 Å². The summed E-state index contributed by atoms with van der Waals surface area (Å²) >= 11 is 0. The quantitative estimate of drug-likeness (QED) is 0.752. The molecule has 1 amide bonds. The average molecular weight is 335 g/mol. The van der Waals surface area contributed by atoms with Crippen LogP contribution in [0.2, 0.25) is 0 Å². The Labute approximate surface area is 137 Å². The van der Waals surface area contributed by atoms with E-state index >= 15 is 0 Å². The van der Waals surface area contributed by atoms with Crippen molar-refractivity contribution in [3.63, 3.8) is 0 Å². The number of anilines is 1. The Morgan fingerprint density at radius 3 is 2.50 bits per heavy atom. The molecule has 8 heteroatoms. The highest BCUT2D eigenvalue weighted by molar-refractivity contribution is 6.06. The zero-order valence-electron chi connectivity index (χ0n) is 13.0. The number of aliphatic hydroxyl groups is 1. The Morgan fingerprint density at radius 1 is 1.33 bits per heavy atom. The van der Waals surface area contributed by atoms with Crippen LogP contribution in [0.25, 0.3) is 10.9 Å². The first-order valence-electron chi connectivity index (χ1n) is 7.25. The highest BCUT2D eigenvalue weighted by atomic mass is 19.1. The number of para-hydroxylation sites is 1. The van der Waals surface area contributed by atoms with Crippen LogP contribution >= 0.6 is 0 Å². The molecule has 4 N–H and O–H groups in total. The molecule has 0 saturated carbocycles. The number of carbonyl (C=O) groups is 2. The monoisotopic (exact) mass is 335 g/mol. The van der Waals surface area contributed by atoms with Crippen LogP contribution in [-0.2, 0) is 4.79 Å². The standard InChI is InChI=1S/C14H14FN3O2.C2H4O2/c15-10-6-18(7-12(10)19)13-5-9(14(16)20)8-3-1-2-4-11(8)17-13;1-2(3)4/h1-5,10,12,19H,6-7H2,(H2,16,20);1H3,(H,3,4)/t10-,12-;/m1./s1. The van der Waals surface area contributed by atoms with Gasteiger partial charge in [-0.15, -0.1) is 0 Å².